The lowest BCUT2D eigenvalue weighted by Gasteiger charge is -2.14. The Labute approximate surface area is 462 Å². The highest BCUT2D eigenvalue weighted by atomic mass is 32.1. The lowest BCUT2D eigenvalue weighted by Crippen LogP contribution is -2.06. The molecular weight excluding hydrogens is 1000 g/mol. The summed E-state index contributed by atoms with van der Waals surface area (Å²) in [5.41, 5.74) is 14.7. The van der Waals surface area contributed by atoms with Crippen molar-refractivity contribution in [3.63, 3.8) is 0 Å². The van der Waals surface area contributed by atoms with Crippen LogP contribution in [0.5, 0.6) is 0 Å². The number of aromatic nitrogens is 6. The Morgan fingerprint density at radius 1 is 0.354 bits per heavy atom. The summed E-state index contributed by atoms with van der Waals surface area (Å²) >= 11 is 3.73. The van der Waals surface area contributed by atoms with E-state index in [2.05, 4.69) is 216 Å². The SMILES string of the molecule is c1ccc(-c2nc(Cc3cc(CCc4cccc5sc6cc7c(cc6c45)c4ccccc4n7-c4ccccc4)cnc3-c3cccc4sc5cc6c(cc5c34)c3ccccc3n6-c3ccccc3)nc(-c3ccccc3)n2)cc1. The second-order valence-corrected chi connectivity index (χ2v) is 22.6. The molecule has 8 heteroatoms. The van der Waals surface area contributed by atoms with E-state index in [0.29, 0.717) is 23.9 Å². The van der Waals surface area contributed by atoms with E-state index in [1.54, 1.807) is 0 Å². The number of fused-ring (bicyclic) bond motifs is 12. The van der Waals surface area contributed by atoms with Crippen LogP contribution in [-0.4, -0.2) is 29.1 Å². The molecular formula is C71H46N6S2. The fraction of sp³-hybridized carbons (Fsp3) is 0.0423. The topological polar surface area (TPSA) is 61.4 Å². The number of benzene rings is 10. The van der Waals surface area contributed by atoms with E-state index in [0.717, 1.165) is 46.5 Å². The van der Waals surface area contributed by atoms with Gasteiger partial charge in [-0.15, -0.1) is 22.7 Å². The molecule has 79 heavy (non-hydrogen) atoms. The van der Waals surface area contributed by atoms with E-state index in [9.17, 15) is 0 Å². The molecule has 0 aliphatic carbocycles. The molecule has 6 nitrogen and oxygen atoms in total. The summed E-state index contributed by atoms with van der Waals surface area (Å²) in [6, 6.07) is 85.1. The van der Waals surface area contributed by atoms with Gasteiger partial charge in [0.1, 0.15) is 5.82 Å². The molecule has 0 N–H and O–H groups in total. The first-order valence-corrected chi connectivity index (χ1v) is 28.5. The third-order valence-corrected chi connectivity index (χ3v) is 18.0. The van der Waals surface area contributed by atoms with Crippen molar-refractivity contribution in [2.24, 2.45) is 0 Å². The molecule has 0 bridgehead atoms. The maximum atomic E-state index is 5.53. The van der Waals surface area contributed by atoms with Crippen molar-refractivity contribution in [2.45, 2.75) is 19.3 Å². The predicted octanol–water partition coefficient (Wildman–Crippen LogP) is 18.6. The zero-order valence-corrected chi connectivity index (χ0v) is 44.3. The molecule has 0 amide bonds. The van der Waals surface area contributed by atoms with Crippen LogP contribution in [0.4, 0.5) is 0 Å². The van der Waals surface area contributed by atoms with Crippen molar-refractivity contribution in [2.75, 3.05) is 0 Å². The van der Waals surface area contributed by atoms with Gasteiger partial charge in [0.15, 0.2) is 11.6 Å². The molecule has 0 saturated heterocycles. The number of aryl methyl sites for hydroxylation is 2. The van der Waals surface area contributed by atoms with Crippen molar-refractivity contribution < 1.29 is 0 Å². The van der Waals surface area contributed by atoms with Crippen LogP contribution in [0.3, 0.4) is 0 Å². The van der Waals surface area contributed by atoms with E-state index in [1.165, 1.54) is 101 Å². The summed E-state index contributed by atoms with van der Waals surface area (Å²) in [7, 11) is 0. The Bertz CT molecular complexity index is 4980. The number of para-hydroxylation sites is 4. The minimum Gasteiger partial charge on any atom is -0.309 e. The Morgan fingerprint density at radius 2 is 0.861 bits per heavy atom. The first-order valence-electron chi connectivity index (χ1n) is 26.9. The van der Waals surface area contributed by atoms with Crippen molar-refractivity contribution in [3.05, 3.63) is 265 Å². The molecule has 372 valence electrons. The highest BCUT2D eigenvalue weighted by Gasteiger charge is 2.22. The Hall–Kier alpha value is -9.60. The summed E-state index contributed by atoms with van der Waals surface area (Å²) in [5, 5.41) is 10.1. The van der Waals surface area contributed by atoms with Gasteiger partial charge in [-0.25, -0.2) is 15.0 Å². The standard InChI is InChI=1S/C71H46N6S2/c1-5-19-46(20-6-1)70-73-66(74-71(75-70)47-21-7-2-8-22-47)38-48-37-44(35-36-45-23-17-33-62-67(45)56-39-54-51-28-13-15-31-58(51)76(49-24-9-3-10-25-49)60(54)41-64(56)78-62)43-72-69(48)53-30-18-34-63-68(53)57-40-55-52-29-14-16-32-59(52)77(50-26-11-4-12-27-50)61(55)42-65(57)79-63/h1-34,37,39-43H,35-36,38H2. The Morgan fingerprint density at radius 3 is 1.44 bits per heavy atom. The van der Waals surface area contributed by atoms with Gasteiger partial charge < -0.3 is 9.13 Å². The second-order valence-electron chi connectivity index (χ2n) is 20.4. The molecule has 16 aromatic rings. The molecule has 10 aromatic carbocycles. The normalized spacial score (nSPS) is 11.9. The monoisotopic (exact) mass is 1050 g/mol. The Kier molecular flexibility index (Phi) is 10.7. The third kappa shape index (κ3) is 7.66. The van der Waals surface area contributed by atoms with Crippen molar-refractivity contribution in [1.82, 2.24) is 29.1 Å². The summed E-state index contributed by atoms with van der Waals surface area (Å²) in [5.74, 6) is 2.00. The van der Waals surface area contributed by atoms with Crippen LogP contribution in [0.2, 0.25) is 0 Å². The first kappa shape index (κ1) is 45.6. The zero-order chi connectivity index (χ0) is 52.0. The number of hydrogen-bond acceptors (Lipinski definition) is 6. The molecule has 0 spiro atoms. The van der Waals surface area contributed by atoms with E-state index in [4.69, 9.17) is 19.9 Å². The van der Waals surface area contributed by atoms with Gasteiger partial charge >= 0.3 is 0 Å². The number of pyridine rings is 1. The maximum absolute atomic E-state index is 5.53. The smallest absolute Gasteiger partial charge is 0.163 e. The minimum atomic E-state index is 0.461. The van der Waals surface area contributed by atoms with Crippen LogP contribution in [0.25, 0.3) is 129 Å². The first-order chi connectivity index (χ1) is 39.1. The lowest BCUT2D eigenvalue weighted by molar-refractivity contribution is 0.915. The molecule has 0 radical (unpaired) electrons. The Balaban J connectivity index is 0.847. The van der Waals surface area contributed by atoms with Gasteiger partial charge in [-0.2, -0.15) is 0 Å². The van der Waals surface area contributed by atoms with Gasteiger partial charge in [0.2, 0.25) is 0 Å². The van der Waals surface area contributed by atoms with Gasteiger partial charge in [0, 0.05) is 103 Å². The van der Waals surface area contributed by atoms with E-state index >= 15 is 0 Å². The molecule has 0 aliphatic heterocycles. The molecule has 6 aromatic heterocycles. The predicted molar refractivity (Wildman–Crippen MR) is 331 cm³/mol. The average Bonchev–Trinajstić information content (AvgIpc) is 4.37. The summed E-state index contributed by atoms with van der Waals surface area (Å²) in [6.45, 7) is 0. The van der Waals surface area contributed by atoms with Crippen molar-refractivity contribution in [1.29, 1.82) is 0 Å². The largest absolute Gasteiger partial charge is 0.309 e. The summed E-state index contributed by atoms with van der Waals surface area (Å²) in [6.07, 6.45) is 4.24. The molecule has 6 heterocycles. The van der Waals surface area contributed by atoms with Crippen molar-refractivity contribution >= 4 is 107 Å². The fourth-order valence-electron chi connectivity index (χ4n) is 12.2. The minimum absolute atomic E-state index is 0.461. The van der Waals surface area contributed by atoms with Gasteiger partial charge in [-0.1, -0.05) is 164 Å². The number of nitrogens with zero attached hydrogens (tertiary/aromatic N) is 6. The number of rotatable bonds is 10. The van der Waals surface area contributed by atoms with Gasteiger partial charge in [0.25, 0.3) is 0 Å². The van der Waals surface area contributed by atoms with E-state index in [1.807, 2.05) is 59.1 Å². The maximum Gasteiger partial charge on any atom is 0.163 e. The lowest BCUT2D eigenvalue weighted by atomic mass is 9.95. The zero-order valence-electron chi connectivity index (χ0n) is 42.7. The molecule has 0 aliphatic rings. The molecule has 0 fully saturated rings. The van der Waals surface area contributed by atoms with Crippen LogP contribution in [0.1, 0.15) is 22.5 Å². The van der Waals surface area contributed by atoms with Crippen LogP contribution in [0, 0.1) is 0 Å². The number of hydrogen-bond donors (Lipinski definition) is 0. The van der Waals surface area contributed by atoms with E-state index in [-0.39, 0.29) is 0 Å². The van der Waals surface area contributed by atoms with Crippen LogP contribution in [-0.2, 0) is 19.3 Å². The van der Waals surface area contributed by atoms with Gasteiger partial charge in [0.05, 0.1) is 27.8 Å². The van der Waals surface area contributed by atoms with Crippen LogP contribution < -0.4 is 0 Å². The second kappa shape index (κ2) is 18.6. The van der Waals surface area contributed by atoms with Crippen LogP contribution in [0.15, 0.2) is 243 Å². The molecule has 0 atom stereocenters. The summed E-state index contributed by atoms with van der Waals surface area (Å²) < 4.78 is 9.88. The highest BCUT2D eigenvalue weighted by molar-refractivity contribution is 7.26. The van der Waals surface area contributed by atoms with Gasteiger partial charge in [-0.3, -0.25) is 4.98 Å². The molecule has 16 rings (SSSR count). The third-order valence-electron chi connectivity index (χ3n) is 15.7. The molecule has 0 saturated carbocycles. The number of thiophene rings is 2. The van der Waals surface area contributed by atoms with Crippen LogP contribution >= 0.6 is 22.7 Å². The quantitative estimate of drug-likeness (QED) is 0.137. The summed E-state index contributed by atoms with van der Waals surface area (Å²) in [4.78, 5) is 21.1. The fourth-order valence-corrected chi connectivity index (χ4v) is 14.5. The molecule has 0 unspecified atom stereocenters. The van der Waals surface area contributed by atoms with Crippen molar-refractivity contribution in [3.8, 4) is 45.4 Å². The van der Waals surface area contributed by atoms with E-state index < -0.39 is 0 Å². The highest BCUT2D eigenvalue weighted by Crippen LogP contribution is 2.46. The van der Waals surface area contributed by atoms with Gasteiger partial charge in [-0.05, 0) is 102 Å². The average molecular weight is 1050 g/mol.